The lowest BCUT2D eigenvalue weighted by atomic mass is 9.45. The van der Waals surface area contributed by atoms with E-state index in [-0.39, 0.29) is 34.1 Å². The van der Waals surface area contributed by atoms with Gasteiger partial charge >= 0.3 is 12.3 Å². The van der Waals surface area contributed by atoms with Gasteiger partial charge in [-0.1, -0.05) is 56.2 Å². The van der Waals surface area contributed by atoms with E-state index in [1.807, 2.05) is 23.1 Å². The van der Waals surface area contributed by atoms with Crippen molar-refractivity contribution in [2.45, 2.75) is 116 Å². The van der Waals surface area contributed by atoms with Crippen molar-refractivity contribution >= 4 is 23.5 Å². The summed E-state index contributed by atoms with van der Waals surface area (Å²) in [6.07, 6.45) is 4.92. The van der Waals surface area contributed by atoms with E-state index >= 15 is 0 Å². The second-order valence-electron chi connectivity index (χ2n) is 18.0. The summed E-state index contributed by atoms with van der Waals surface area (Å²) in [5, 5.41) is 11.1. The van der Waals surface area contributed by atoms with Gasteiger partial charge in [0, 0.05) is 23.1 Å². The van der Waals surface area contributed by atoms with Crippen molar-refractivity contribution in [2.75, 3.05) is 13.1 Å². The summed E-state index contributed by atoms with van der Waals surface area (Å²) in [5.74, 6) is 1.32. The molecule has 2 aromatic carbocycles. The fourth-order valence-corrected chi connectivity index (χ4v) is 11.4. The summed E-state index contributed by atoms with van der Waals surface area (Å²) < 4.78 is 53.4. The first-order valence-electron chi connectivity index (χ1n) is 20.0. The highest BCUT2D eigenvalue weighted by molar-refractivity contribution is 6.33. The first kappa shape index (κ1) is 38.3. The number of benzene rings is 2. The Kier molecular flexibility index (Phi) is 9.63. The Bertz CT molecular complexity index is 2030. The van der Waals surface area contributed by atoms with Crippen LogP contribution in [0.1, 0.15) is 124 Å². The fourth-order valence-electron chi connectivity index (χ4n) is 11.2. The predicted molar refractivity (Wildman–Crippen MR) is 205 cm³/mol. The fraction of sp³-hybridized carbons (Fsp3) is 0.556. The Morgan fingerprint density at radius 1 is 1.02 bits per heavy atom. The number of fused-ring (bicyclic) bond motifs is 10. The number of rotatable bonds is 5. The van der Waals surface area contributed by atoms with Crippen molar-refractivity contribution in [1.82, 2.24) is 4.90 Å². The molecule has 5 fully saturated rings. The molecule has 1 amide bonds. The molecule has 2 heterocycles. The molecule has 4 saturated carbocycles. The Hall–Kier alpha value is -3.56. The molecule has 10 heteroatoms. The molecular weight excluding hydrogens is 727 g/mol. The molecule has 1 spiro atoms. The van der Waals surface area contributed by atoms with Crippen molar-refractivity contribution in [3.8, 4) is 11.3 Å². The summed E-state index contributed by atoms with van der Waals surface area (Å²) in [7, 11) is 0. The van der Waals surface area contributed by atoms with Crippen LogP contribution in [0.2, 0.25) is 5.02 Å². The van der Waals surface area contributed by atoms with E-state index in [4.69, 9.17) is 20.8 Å². The number of alkyl halides is 3. The molecule has 7 atom stereocenters. The van der Waals surface area contributed by atoms with Crippen molar-refractivity contribution in [2.24, 2.45) is 28.6 Å². The number of amides is 1. The van der Waals surface area contributed by atoms with Crippen molar-refractivity contribution in [3.63, 3.8) is 0 Å². The Balaban J connectivity index is 1.15. The number of hydrogen-bond donors (Lipinski definition) is 1. The van der Waals surface area contributed by atoms with Gasteiger partial charge in [0.05, 0.1) is 23.2 Å². The zero-order valence-corrected chi connectivity index (χ0v) is 32.9. The molecule has 10 rings (SSSR count). The Labute approximate surface area is 326 Å². The number of furan rings is 1. The van der Waals surface area contributed by atoms with Crippen LogP contribution in [0.5, 0.6) is 0 Å². The van der Waals surface area contributed by atoms with Crippen LogP contribution in [0.15, 0.2) is 64.6 Å². The number of ketones is 1. The molecule has 1 N–H and O–H groups in total. The topological polar surface area (TPSA) is 80.0 Å². The van der Waals surface area contributed by atoms with Gasteiger partial charge in [0.15, 0.2) is 5.76 Å². The normalized spacial score (nSPS) is 31.8. The minimum absolute atomic E-state index is 0.0244. The number of aliphatic hydroxyl groups is 1. The molecule has 3 aromatic rings. The highest BCUT2D eigenvalue weighted by atomic mass is 35.5. The lowest BCUT2D eigenvalue weighted by Crippen LogP contribution is -2.55. The lowest BCUT2D eigenvalue weighted by molar-refractivity contribution is -0.137. The Morgan fingerprint density at radius 3 is 2.56 bits per heavy atom. The van der Waals surface area contributed by atoms with Crippen LogP contribution in [0.3, 0.4) is 0 Å². The SMILES string of the molecule is CC1=CCCC2(C)C(CCC23CN(CC2CCC4CC2C4(C)C)C(=O)O3)c2ccc(cc2C(=O)c2ccc(-c3cc(C(F)(F)F)ccc3Cl)o2)CC(O)CC1. The molecule has 4 bridgehead atoms. The van der Waals surface area contributed by atoms with Crippen LogP contribution in [0, 0.1) is 28.6 Å². The second-order valence-corrected chi connectivity index (χ2v) is 18.4. The number of aliphatic hydroxyl groups excluding tert-OH is 1. The summed E-state index contributed by atoms with van der Waals surface area (Å²) in [5.41, 5.74) is 1.46. The average molecular weight is 778 g/mol. The third-order valence-electron chi connectivity index (χ3n) is 14.7. The second kappa shape index (κ2) is 13.8. The summed E-state index contributed by atoms with van der Waals surface area (Å²) in [4.78, 5) is 30.5. The molecule has 55 heavy (non-hydrogen) atoms. The van der Waals surface area contributed by atoms with Crippen molar-refractivity contribution in [3.05, 3.63) is 93.2 Å². The van der Waals surface area contributed by atoms with Crippen molar-refractivity contribution < 1.29 is 37.0 Å². The molecule has 294 valence electrons. The highest BCUT2D eigenvalue weighted by Gasteiger charge is 2.64. The van der Waals surface area contributed by atoms with Gasteiger partial charge in [-0.05, 0) is 148 Å². The molecule has 6 aliphatic carbocycles. The zero-order chi connectivity index (χ0) is 39.1. The number of halogens is 4. The first-order chi connectivity index (χ1) is 26.0. The molecule has 0 radical (unpaired) electrons. The van der Waals surface area contributed by atoms with Crippen LogP contribution in [0.25, 0.3) is 11.3 Å². The summed E-state index contributed by atoms with van der Waals surface area (Å²) >= 11 is 6.34. The number of ether oxygens (including phenoxy) is 1. The van der Waals surface area contributed by atoms with E-state index in [2.05, 4.69) is 33.8 Å². The maximum absolute atomic E-state index is 14.6. The van der Waals surface area contributed by atoms with Gasteiger partial charge in [-0.15, -0.1) is 0 Å². The van der Waals surface area contributed by atoms with E-state index in [0.717, 1.165) is 54.9 Å². The molecule has 6 nitrogen and oxygen atoms in total. The van der Waals surface area contributed by atoms with E-state index < -0.39 is 34.6 Å². The standard InChI is InChI=1S/C45H51ClF3NO5/c1-26-6-5-18-43(4)35(17-19-44(43)25-50(41(53)55-44)24-28-9-10-29-23-36(28)42(29,2)3)32-13-8-27(20-31(51)12-7-26)21-33(32)40(52)39-16-15-38(54-39)34-22-30(45(47,48)49)11-14-37(34)46/h6,8,11,13-16,21-22,28-29,31,35-36,51H,5,7,9-10,12,17-20,23-25H2,1-4H3. The van der Waals surface area contributed by atoms with Gasteiger partial charge in [0.2, 0.25) is 5.78 Å². The number of carbonyl (C=O) groups is 2. The lowest BCUT2D eigenvalue weighted by Gasteiger charge is -2.60. The van der Waals surface area contributed by atoms with E-state index in [1.165, 1.54) is 36.6 Å². The van der Waals surface area contributed by atoms with Gasteiger partial charge in [-0.2, -0.15) is 13.2 Å². The van der Waals surface area contributed by atoms with Gasteiger partial charge in [-0.25, -0.2) is 4.79 Å². The molecule has 7 unspecified atom stereocenters. The maximum Gasteiger partial charge on any atom is 0.416 e. The molecular formula is C45H51ClF3NO5. The smallest absolute Gasteiger partial charge is 0.416 e. The zero-order valence-electron chi connectivity index (χ0n) is 32.1. The van der Waals surface area contributed by atoms with Gasteiger partial charge in [-0.3, -0.25) is 4.79 Å². The van der Waals surface area contributed by atoms with Crippen LogP contribution in [-0.2, 0) is 17.3 Å². The molecule has 1 aromatic heterocycles. The summed E-state index contributed by atoms with van der Waals surface area (Å²) in [6.45, 7) is 10.3. The maximum atomic E-state index is 14.6. The van der Waals surface area contributed by atoms with Crippen LogP contribution in [0.4, 0.5) is 18.0 Å². The molecule has 1 aliphatic heterocycles. The number of hydrogen-bond acceptors (Lipinski definition) is 5. The van der Waals surface area contributed by atoms with Crippen LogP contribution < -0.4 is 0 Å². The summed E-state index contributed by atoms with van der Waals surface area (Å²) in [6, 6.07) is 11.8. The third-order valence-corrected chi connectivity index (χ3v) is 15.0. The number of carbonyl (C=O) groups excluding carboxylic acids is 2. The van der Waals surface area contributed by atoms with Crippen LogP contribution in [-0.4, -0.2) is 46.7 Å². The minimum atomic E-state index is -4.58. The number of nitrogens with zero attached hydrogens (tertiary/aromatic N) is 1. The highest BCUT2D eigenvalue weighted by Crippen LogP contribution is 2.64. The predicted octanol–water partition coefficient (Wildman–Crippen LogP) is 11.4. The van der Waals surface area contributed by atoms with E-state index in [1.54, 1.807) is 0 Å². The Morgan fingerprint density at radius 2 is 1.82 bits per heavy atom. The van der Waals surface area contributed by atoms with Gasteiger partial charge < -0.3 is 19.2 Å². The first-order valence-corrected chi connectivity index (χ1v) is 20.3. The van der Waals surface area contributed by atoms with Crippen LogP contribution >= 0.6 is 11.6 Å². The quantitative estimate of drug-likeness (QED) is 0.206. The monoisotopic (exact) mass is 777 g/mol. The van der Waals surface area contributed by atoms with E-state index in [0.29, 0.717) is 61.6 Å². The average Bonchev–Trinajstić information content (AvgIpc) is 3.82. The van der Waals surface area contributed by atoms with Gasteiger partial charge in [0.25, 0.3) is 0 Å². The molecule has 1 saturated heterocycles. The number of allylic oxidation sites excluding steroid dienone is 2. The minimum Gasteiger partial charge on any atom is -0.453 e. The van der Waals surface area contributed by atoms with E-state index in [9.17, 15) is 27.9 Å². The third kappa shape index (κ3) is 6.65. The van der Waals surface area contributed by atoms with Gasteiger partial charge in [0.1, 0.15) is 11.4 Å². The molecule has 7 aliphatic rings. The van der Waals surface area contributed by atoms with Crippen molar-refractivity contribution in [1.29, 1.82) is 0 Å². The largest absolute Gasteiger partial charge is 0.453 e.